The highest BCUT2D eigenvalue weighted by molar-refractivity contribution is 4.90. The van der Waals surface area contributed by atoms with E-state index in [0.29, 0.717) is 19.2 Å². The van der Waals surface area contributed by atoms with Crippen LogP contribution in [0.4, 0.5) is 0 Å². The molecule has 1 aliphatic heterocycles. The van der Waals surface area contributed by atoms with Crippen LogP contribution in [0.5, 0.6) is 0 Å². The van der Waals surface area contributed by atoms with Gasteiger partial charge in [0.05, 0.1) is 18.8 Å². The number of likely N-dealkylation sites (tertiary alicyclic amines) is 1. The highest BCUT2D eigenvalue weighted by Crippen LogP contribution is 2.17. The molecule has 0 spiro atoms. The summed E-state index contributed by atoms with van der Waals surface area (Å²) in [7, 11) is 2.20. The molecule has 1 atom stereocenters. The molecule has 1 aromatic rings. The fourth-order valence-electron chi connectivity index (χ4n) is 2.36. The number of nitrogens with zero attached hydrogens (tertiary/aromatic N) is 4. The third-order valence-corrected chi connectivity index (χ3v) is 3.53. The molecule has 1 unspecified atom stereocenters. The molecule has 102 valence electrons. The van der Waals surface area contributed by atoms with E-state index in [2.05, 4.69) is 22.3 Å². The van der Waals surface area contributed by atoms with Gasteiger partial charge >= 0.3 is 0 Å². The quantitative estimate of drug-likeness (QED) is 0.705. The summed E-state index contributed by atoms with van der Waals surface area (Å²) < 4.78 is 7.43. The largest absolute Gasteiger partial charge is 0.379 e. The lowest BCUT2D eigenvalue weighted by atomic mass is 10.1. The molecule has 0 saturated carbocycles. The van der Waals surface area contributed by atoms with Crippen LogP contribution in [0.25, 0.3) is 0 Å². The minimum absolute atomic E-state index is 0.439. The third kappa shape index (κ3) is 3.76. The van der Waals surface area contributed by atoms with E-state index in [1.807, 2.05) is 6.20 Å². The fraction of sp³-hybridized carbons (Fsp3) is 0.833. The lowest BCUT2D eigenvalue weighted by molar-refractivity contribution is 0.105. The van der Waals surface area contributed by atoms with E-state index in [9.17, 15) is 0 Å². The van der Waals surface area contributed by atoms with Gasteiger partial charge < -0.3 is 15.4 Å². The number of rotatable bonds is 7. The molecule has 1 fully saturated rings. The minimum Gasteiger partial charge on any atom is -0.379 e. The Morgan fingerprint density at radius 3 is 3.06 bits per heavy atom. The summed E-state index contributed by atoms with van der Waals surface area (Å²) in [6.07, 6.45) is 5.63. The summed E-state index contributed by atoms with van der Waals surface area (Å²) in [5.41, 5.74) is 6.29. The second-order valence-corrected chi connectivity index (χ2v) is 4.85. The average molecular weight is 253 g/mol. The van der Waals surface area contributed by atoms with Crippen molar-refractivity contribution in [3.63, 3.8) is 0 Å². The first-order valence-electron chi connectivity index (χ1n) is 6.66. The molecule has 0 radical (unpaired) electrons. The smallest absolute Gasteiger partial charge is 0.0962 e. The normalized spacial score (nSPS) is 20.7. The van der Waals surface area contributed by atoms with Crippen molar-refractivity contribution < 1.29 is 4.74 Å². The van der Waals surface area contributed by atoms with Crippen LogP contribution < -0.4 is 5.73 Å². The van der Waals surface area contributed by atoms with E-state index in [4.69, 9.17) is 10.5 Å². The van der Waals surface area contributed by atoms with E-state index in [1.165, 1.54) is 19.4 Å². The maximum absolute atomic E-state index is 5.64. The van der Waals surface area contributed by atoms with Gasteiger partial charge in [-0.2, -0.15) is 0 Å². The molecule has 2 heterocycles. The van der Waals surface area contributed by atoms with Crippen molar-refractivity contribution in [3.8, 4) is 0 Å². The molecule has 18 heavy (non-hydrogen) atoms. The Morgan fingerprint density at radius 1 is 1.50 bits per heavy atom. The standard InChI is InChI=1S/C12H23N5O/c1-16-5-2-3-12(16)4-7-18-8-6-17-10-11(9-13)14-15-17/h10,12H,2-9,13H2,1H3. The zero-order chi connectivity index (χ0) is 12.8. The summed E-state index contributed by atoms with van der Waals surface area (Å²) in [4.78, 5) is 2.42. The van der Waals surface area contributed by atoms with Crippen molar-refractivity contribution in [1.29, 1.82) is 0 Å². The van der Waals surface area contributed by atoms with Gasteiger partial charge in [-0.15, -0.1) is 5.10 Å². The summed E-state index contributed by atoms with van der Waals surface area (Å²) >= 11 is 0. The second-order valence-electron chi connectivity index (χ2n) is 4.85. The van der Waals surface area contributed by atoms with Crippen molar-refractivity contribution in [1.82, 2.24) is 19.9 Å². The van der Waals surface area contributed by atoms with Crippen molar-refractivity contribution in [2.24, 2.45) is 5.73 Å². The molecule has 1 saturated heterocycles. The number of hydrogen-bond acceptors (Lipinski definition) is 5. The highest BCUT2D eigenvalue weighted by Gasteiger charge is 2.19. The Kier molecular flexibility index (Phi) is 5.10. The van der Waals surface area contributed by atoms with Crippen LogP contribution in [-0.2, 0) is 17.8 Å². The SMILES string of the molecule is CN1CCCC1CCOCCn1cc(CN)nn1. The first kappa shape index (κ1) is 13.5. The Labute approximate surface area is 108 Å². The summed E-state index contributed by atoms with van der Waals surface area (Å²) in [5.74, 6) is 0. The van der Waals surface area contributed by atoms with Crippen LogP contribution in [0.1, 0.15) is 25.0 Å². The summed E-state index contributed by atoms with van der Waals surface area (Å²) in [5, 5.41) is 7.90. The first-order valence-corrected chi connectivity index (χ1v) is 6.66. The molecule has 0 aliphatic carbocycles. The molecule has 1 aromatic heterocycles. The minimum atomic E-state index is 0.439. The van der Waals surface area contributed by atoms with Gasteiger partial charge in [0.15, 0.2) is 0 Å². The van der Waals surface area contributed by atoms with Gasteiger partial charge in [0.2, 0.25) is 0 Å². The van der Waals surface area contributed by atoms with E-state index >= 15 is 0 Å². The summed E-state index contributed by atoms with van der Waals surface area (Å²) in [6.45, 7) is 3.92. The fourth-order valence-corrected chi connectivity index (χ4v) is 2.36. The Bertz CT molecular complexity index is 354. The van der Waals surface area contributed by atoms with E-state index in [1.54, 1.807) is 4.68 Å². The first-order chi connectivity index (χ1) is 8.79. The lowest BCUT2D eigenvalue weighted by Gasteiger charge is -2.18. The van der Waals surface area contributed by atoms with Gasteiger partial charge in [-0.25, -0.2) is 4.68 Å². The molecule has 6 heteroatoms. The van der Waals surface area contributed by atoms with Gasteiger partial charge in [-0.1, -0.05) is 5.21 Å². The van der Waals surface area contributed by atoms with Crippen LogP contribution in [-0.4, -0.2) is 52.7 Å². The number of aromatic nitrogens is 3. The number of nitrogens with two attached hydrogens (primary N) is 1. The maximum Gasteiger partial charge on any atom is 0.0962 e. The van der Waals surface area contributed by atoms with Crippen molar-refractivity contribution in [2.75, 3.05) is 26.8 Å². The Balaban J connectivity index is 1.55. The van der Waals surface area contributed by atoms with Crippen LogP contribution in [0.2, 0.25) is 0 Å². The molecule has 6 nitrogen and oxygen atoms in total. The third-order valence-electron chi connectivity index (χ3n) is 3.53. The molecular formula is C12H23N5O. The lowest BCUT2D eigenvalue weighted by Crippen LogP contribution is -2.26. The highest BCUT2D eigenvalue weighted by atomic mass is 16.5. The molecule has 0 bridgehead atoms. The Hall–Kier alpha value is -0.980. The molecule has 2 rings (SSSR count). The van der Waals surface area contributed by atoms with Crippen LogP contribution >= 0.6 is 0 Å². The zero-order valence-corrected chi connectivity index (χ0v) is 11.1. The monoisotopic (exact) mass is 253 g/mol. The van der Waals surface area contributed by atoms with Crippen LogP contribution in [0, 0.1) is 0 Å². The molecule has 0 amide bonds. The zero-order valence-electron chi connectivity index (χ0n) is 11.1. The average Bonchev–Trinajstić information content (AvgIpc) is 2.98. The maximum atomic E-state index is 5.64. The summed E-state index contributed by atoms with van der Waals surface area (Å²) in [6, 6.07) is 0.709. The molecule has 1 aliphatic rings. The number of ether oxygens (including phenoxy) is 1. The second kappa shape index (κ2) is 6.82. The topological polar surface area (TPSA) is 69.2 Å². The van der Waals surface area contributed by atoms with Gasteiger partial charge in [0, 0.05) is 25.4 Å². The van der Waals surface area contributed by atoms with Crippen LogP contribution in [0.3, 0.4) is 0 Å². The van der Waals surface area contributed by atoms with E-state index in [-0.39, 0.29) is 0 Å². The van der Waals surface area contributed by atoms with E-state index in [0.717, 1.165) is 25.3 Å². The van der Waals surface area contributed by atoms with E-state index < -0.39 is 0 Å². The predicted molar refractivity (Wildman–Crippen MR) is 69.0 cm³/mol. The Morgan fingerprint density at radius 2 is 2.39 bits per heavy atom. The van der Waals surface area contributed by atoms with Gasteiger partial charge in [-0.05, 0) is 32.9 Å². The molecule has 2 N–H and O–H groups in total. The van der Waals surface area contributed by atoms with Crippen molar-refractivity contribution in [3.05, 3.63) is 11.9 Å². The molecular weight excluding hydrogens is 230 g/mol. The number of hydrogen-bond donors (Lipinski definition) is 1. The van der Waals surface area contributed by atoms with Crippen molar-refractivity contribution in [2.45, 2.75) is 38.4 Å². The van der Waals surface area contributed by atoms with Crippen molar-refractivity contribution >= 4 is 0 Å². The predicted octanol–water partition coefficient (Wildman–Crippen LogP) is 0.238. The van der Waals surface area contributed by atoms with Gasteiger partial charge in [-0.3, -0.25) is 0 Å². The van der Waals surface area contributed by atoms with Crippen LogP contribution in [0.15, 0.2) is 6.20 Å². The molecule has 0 aromatic carbocycles. The van der Waals surface area contributed by atoms with Gasteiger partial charge in [0.1, 0.15) is 0 Å². The van der Waals surface area contributed by atoms with Gasteiger partial charge in [0.25, 0.3) is 0 Å².